The first kappa shape index (κ1) is 9.39. The van der Waals surface area contributed by atoms with Crippen molar-refractivity contribution in [3.05, 3.63) is 11.9 Å². The highest BCUT2D eigenvalue weighted by Crippen LogP contribution is 2.12. The maximum Gasteiger partial charge on any atom is 0.0456 e. The van der Waals surface area contributed by atoms with Gasteiger partial charge in [0.2, 0.25) is 0 Å². The molecule has 0 atom stereocenters. The molecule has 3 nitrogen and oxygen atoms in total. The first-order chi connectivity index (χ1) is 5.59. The molecule has 0 spiro atoms. The molecule has 2 N–H and O–H groups in total. The minimum Gasteiger partial charge on any atom is -0.306 e. The van der Waals surface area contributed by atoms with Gasteiger partial charge in [0.05, 0.1) is 0 Å². The highest BCUT2D eigenvalue weighted by molar-refractivity contribution is 5.02. The van der Waals surface area contributed by atoms with Gasteiger partial charge in [-0.1, -0.05) is 13.8 Å². The summed E-state index contributed by atoms with van der Waals surface area (Å²) in [7, 11) is 0. The average Bonchev–Trinajstić information content (AvgIpc) is 2.34. The summed E-state index contributed by atoms with van der Waals surface area (Å²) in [6, 6.07) is 0.502. The lowest BCUT2D eigenvalue weighted by Gasteiger charge is -2.18. The van der Waals surface area contributed by atoms with Crippen LogP contribution in [0.3, 0.4) is 0 Å². The van der Waals surface area contributed by atoms with Crippen molar-refractivity contribution in [3.63, 3.8) is 0 Å². The third-order valence-electron chi connectivity index (χ3n) is 1.82. The van der Waals surface area contributed by atoms with Gasteiger partial charge in [0.25, 0.3) is 0 Å². The van der Waals surface area contributed by atoms with Gasteiger partial charge in [-0.25, -0.2) is 0 Å². The van der Waals surface area contributed by atoms with E-state index in [-0.39, 0.29) is 0 Å². The fraction of sp³-hybridized carbons (Fsp3) is 0.778. The van der Waals surface area contributed by atoms with Crippen molar-refractivity contribution in [2.75, 3.05) is 0 Å². The first-order valence-corrected chi connectivity index (χ1v) is 4.60. The number of hydrogen-bond acceptors (Lipinski definition) is 3. The van der Waals surface area contributed by atoms with Crippen LogP contribution in [-0.4, -0.2) is 11.1 Å². The summed E-state index contributed by atoms with van der Waals surface area (Å²) in [5.74, 6) is 0.706. The summed E-state index contributed by atoms with van der Waals surface area (Å²) in [6.07, 6.45) is 3.25. The highest BCUT2D eigenvalue weighted by atomic mass is 15.7. The number of hydrogen-bond donors (Lipinski definition) is 2. The molecule has 0 saturated carbocycles. The van der Waals surface area contributed by atoms with Gasteiger partial charge in [0.1, 0.15) is 0 Å². The fourth-order valence-electron chi connectivity index (χ4n) is 1.19. The standard InChI is InChI=1S/C9H19N3/c1-7(2)5-9-6-12(8(3)4)11-10-9/h6-8,10-11H,5H2,1-4H3. The number of hydrazine groups is 2. The van der Waals surface area contributed by atoms with E-state index in [1.54, 1.807) is 0 Å². The Balaban J connectivity index is 2.43. The van der Waals surface area contributed by atoms with E-state index in [1.165, 1.54) is 5.70 Å². The quantitative estimate of drug-likeness (QED) is 0.672. The van der Waals surface area contributed by atoms with Crippen LogP contribution in [0.25, 0.3) is 0 Å². The minimum atomic E-state index is 0.502. The van der Waals surface area contributed by atoms with Crippen LogP contribution in [0.15, 0.2) is 11.9 Å². The summed E-state index contributed by atoms with van der Waals surface area (Å²) < 4.78 is 0. The molecule has 0 aromatic heterocycles. The average molecular weight is 169 g/mol. The number of rotatable bonds is 3. The molecular weight excluding hydrogens is 150 g/mol. The lowest BCUT2D eigenvalue weighted by Crippen LogP contribution is -2.40. The molecule has 0 unspecified atom stereocenters. The molecule has 3 heteroatoms. The van der Waals surface area contributed by atoms with Crippen molar-refractivity contribution < 1.29 is 0 Å². The zero-order chi connectivity index (χ0) is 9.14. The third kappa shape index (κ3) is 2.41. The Hall–Kier alpha value is -0.700. The van der Waals surface area contributed by atoms with E-state index in [0.717, 1.165) is 6.42 Å². The summed E-state index contributed by atoms with van der Waals surface area (Å²) in [4.78, 5) is 0. The third-order valence-corrected chi connectivity index (χ3v) is 1.82. The maximum absolute atomic E-state index is 3.16. The maximum atomic E-state index is 3.16. The van der Waals surface area contributed by atoms with Gasteiger partial charge in [-0.2, -0.15) is 0 Å². The monoisotopic (exact) mass is 169 g/mol. The van der Waals surface area contributed by atoms with E-state index in [1.807, 2.05) is 0 Å². The second kappa shape index (κ2) is 3.81. The lowest BCUT2D eigenvalue weighted by molar-refractivity contribution is 0.220. The second-order valence-electron chi connectivity index (χ2n) is 3.99. The van der Waals surface area contributed by atoms with Gasteiger partial charge in [0.15, 0.2) is 0 Å². The van der Waals surface area contributed by atoms with Crippen molar-refractivity contribution in [1.29, 1.82) is 0 Å². The minimum absolute atomic E-state index is 0.502. The van der Waals surface area contributed by atoms with E-state index in [4.69, 9.17) is 0 Å². The first-order valence-electron chi connectivity index (χ1n) is 4.60. The summed E-state index contributed by atoms with van der Waals surface area (Å²) >= 11 is 0. The van der Waals surface area contributed by atoms with Gasteiger partial charge < -0.3 is 5.43 Å². The van der Waals surface area contributed by atoms with Crippen molar-refractivity contribution in [2.45, 2.75) is 40.2 Å². The Morgan fingerprint density at radius 1 is 1.33 bits per heavy atom. The fourth-order valence-corrected chi connectivity index (χ4v) is 1.19. The van der Waals surface area contributed by atoms with Crippen LogP contribution < -0.4 is 11.0 Å². The zero-order valence-corrected chi connectivity index (χ0v) is 8.39. The number of nitrogens with zero attached hydrogens (tertiary/aromatic N) is 1. The molecule has 1 rings (SSSR count). The van der Waals surface area contributed by atoms with Crippen LogP contribution >= 0.6 is 0 Å². The molecule has 0 aliphatic carbocycles. The Morgan fingerprint density at radius 2 is 2.00 bits per heavy atom. The van der Waals surface area contributed by atoms with Crippen molar-refractivity contribution in [2.24, 2.45) is 5.92 Å². The number of nitrogens with one attached hydrogen (secondary N) is 2. The molecule has 0 radical (unpaired) electrons. The molecule has 0 saturated heterocycles. The van der Waals surface area contributed by atoms with Crippen LogP contribution in [0.1, 0.15) is 34.1 Å². The normalized spacial score (nSPS) is 17.2. The molecule has 0 fully saturated rings. The predicted octanol–water partition coefficient (Wildman–Crippen LogP) is 1.61. The molecule has 70 valence electrons. The van der Waals surface area contributed by atoms with Crippen LogP contribution in [-0.2, 0) is 0 Å². The Labute approximate surface area is 74.8 Å². The van der Waals surface area contributed by atoms with Crippen LogP contribution in [0, 0.1) is 5.92 Å². The van der Waals surface area contributed by atoms with Crippen LogP contribution in [0.4, 0.5) is 0 Å². The van der Waals surface area contributed by atoms with E-state index in [2.05, 4.69) is 49.9 Å². The smallest absolute Gasteiger partial charge is 0.0456 e. The van der Waals surface area contributed by atoms with Crippen molar-refractivity contribution in [1.82, 2.24) is 16.0 Å². The zero-order valence-electron chi connectivity index (χ0n) is 8.39. The SMILES string of the molecule is CC(C)CC1=CN(C(C)C)NN1. The Morgan fingerprint density at radius 3 is 2.42 bits per heavy atom. The van der Waals surface area contributed by atoms with Gasteiger partial charge in [-0.15, -0.1) is 5.53 Å². The van der Waals surface area contributed by atoms with E-state index in [0.29, 0.717) is 12.0 Å². The molecule has 1 aliphatic heterocycles. The molecule has 0 aromatic carbocycles. The molecule has 1 heterocycles. The molecule has 0 bridgehead atoms. The van der Waals surface area contributed by atoms with Gasteiger partial charge in [0, 0.05) is 17.9 Å². The summed E-state index contributed by atoms with van der Waals surface area (Å²) in [6.45, 7) is 8.76. The summed E-state index contributed by atoms with van der Waals surface area (Å²) in [5.41, 5.74) is 7.54. The molecule has 1 aliphatic rings. The van der Waals surface area contributed by atoms with Crippen molar-refractivity contribution in [3.8, 4) is 0 Å². The van der Waals surface area contributed by atoms with Crippen LogP contribution in [0.5, 0.6) is 0 Å². The van der Waals surface area contributed by atoms with E-state index < -0.39 is 0 Å². The second-order valence-corrected chi connectivity index (χ2v) is 3.99. The van der Waals surface area contributed by atoms with E-state index in [9.17, 15) is 0 Å². The van der Waals surface area contributed by atoms with Gasteiger partial charge in [-0.05, 0) is 26.2 Å². The molecule has 12 heavy (non-hydrogen) atoms. The van der Waals surface area contributed by atoms with Gasteiger partial charge in [-0.3, -0.25) is 5.01 Å². The topological polar surface area (TPSA) is 27.3 Å². The predicted molar refractivity (Wildman–Crippen MR) is 50.8 cm³/mol. The Bertz CT molecular complexity index is 173. The molecule has 0 aromatic rings. The van der Waals surface area contributed by atoms with Crippen LogP contribution in [0.2, 0.25) is 0 Å². The Kier molecular flexibility index (Phi) is 2.98. The largest absolute Gasteiger partial charge is 0.306 e. The van der Waals surface area contributed by atoms with Crippen molar-refractivity contribution >= 4 is 0 Å². The lowest BCUT2D eigenvalue weighted by atomic mass is 10.1. The number of allylic oxidation sites excluding steroid dienone is 1. The molecular formula is C9H19N3. The van der Waals surface area contributed by atoms with Gasteiger partial charge >= 0.3 is 0 Å². The highest BCUT2D eigenvalue weighted by Gasteiger charge is 2.13. The summed E-state index contributed by atoms with van der Waals surface area (Å²) in [5, 5.41) is 2.08. The molecule has 0 amide bonds. The van der Waals surface area contributed by atoms with E-state index >= 15 is 0 Å².